The van der Waals surface area contributed by atoms with Gasteiger partial charge in [-0.15, -0.1) is 0 Å². The first-order valence-corrected chi connectivity index (χ1v) is 11.7. The van der Waals surface area contributed by atoms with Gasteiger partial charge in [0.05, 0.1) is 25.4 Å². The Morgan fingerprint density at radius 1 is 0.914 bits per heavy atom. The Morgan fingerprint density at radius 3 is 2.17 bits per heavy atom. The number of esters is 2. The van der Waals surface area contributed by atoms with Crippen LogP contribution >= 0.6 is 11.8 Å². The van der Waals surface area contributed by atoms with Gasteiger partial charge in [-0.05, 0) is 79.6 Å². The van der Waals surface area contributed by atoms with Crippen LogP contribution in [0.1, 0.15) is 25.3 Å². The van der Waals surface area contributed by atoms with Gasteiger partial charge in [0, 0.05) is 10.5 Å². The monoisotopic (exact) mass is 496 g/mol. The third-order valence-corrected chi connectivity index (χ3v) is 5.26. The van der Waals surface area contributed by atoms with Crippen LogP contribution in [0.3, 0.4) is 0 Å². The number of hydrogen-bond acceptors (Lipinski definition) is 8. The van der Waals surface area contributed by atoms with E-state index in [4.69, 9.17) is 19.3 Å². The Bertz CT molecular complexity index is 1070. The summed E-state index contributed by atoms with van der Waals surface area (Å²) in [7, 11) is 0. The van der Waals surface area contributed by atoms with E-state index in [2.05, 4.69) is 13.2 Å². The van der Waals surface area contributed by atoms with Crippen LogP contribution in [-0.2, 0) is 19.1 Å². The summed E-state index contributed by atoms with van der Waals surface area (Å²) in [5.41, 5.74) is 1.20. The molecule has 8 heteroatoms. The number of ether oxygens (including phenoxy) is 3. The number of benzene rings is 2. The number of aliphatic hydroxyl groups is 1. The van der Waals surface area contributed by atoms with Crippen molar-refractivity contribution in [2.75, 3.05) is 19.8 Å². The number of carbonyl (C=O) groups excluding carboxylic acids is 3. The molecule has 2 aromatic rings. The van der Waals surface area contributed by atoms with Crippen LogP contribution < -0.4 is 9.47 Å². The van der Waals surface area contributed by atoms with E-state index >= 15 is 0 Å². The predicted molar refractivity (Wildman–Crippen MR) is 135 cm³/mol. The van der Waals surface area contributed by atoms with Crippen molar-refractivity contribution < 1.29 is 33.7 Å². The molecule has 0 aliphatic heterocycles. The quantitative estimate of drug-likeness (QED) is 0.139. The van der Waals surface area contributed by atoms with Crippen molar-refractivity contribution in [2.45, 2.75) is 24.7 Å². The smallest absolute Gasteiger partial charge is 0.341 e. The van der Waals surface area contributed by atoms with Crippen LogP contribution in [0.5, 0.6) is 11.5 Å². The molecule has 0 radical (unpaired) electrons. The summed E-state index contributed by atoms with van der Waals surface area (Å²) < 4.78 is 15.8. The van der Waals surface area contributed by atoms with Crippen molar-refractivity contribution in [3.8, 4) is 11.5 Å². The van der Waals surface area contributed by atoms with E-state index in [9.17, 15) is 14.4 Å². The van der Waals surface area contributed by atoms with Crippen LogP contribution in [0, 0.1) is 0 Å². The number of aliphatic hydroxyl groups excluding tert-OH is 1. The maximum Gasteiger partial charge on any atom is 0.341 e. The summed E-state index contributed by atoms with van der Waals surface area (Å²) in [6.07, 6.45) is 4.64. The maximum atomic E-state index is 12.2. The van der Waals surface area contributed by atoms with E-state index < -0.39 is 12.6 Å². The molecule has 0 aliphatic rings. The lowest BCUT2D eigenvalue weighted by Crippen LogP contribution is -2.12. The Hall–Kier alpha value is -3.62. The van der Waals surface area contributed by atoms with Crippen LogP contribution in [0.2, 0.25) is 0 Å². The lowest BCUT2D eigenvalue weighted by molar-refractivity contribution is -0.139. The minimum atomic E-state index is -0.704. The number of rotatable bonds is 13. The first-order valence-electron chi connectivity index (χ1n) is 10.8. The van der Waals surface area contributed by atoms with Crippen LogP contribution in [-0.4, -0.2) is 42.0 Å². The summed E-state index contributed by atoms with van der Waals surface area (Å²) in [4.78, 5) is 35.8. The zero-order chi connectivity index (χ0) is 25.6. The summed E-state index contributed by atoms with van der Waals surface area (Å²) in [6.45, 7) is 8.91. The molecule has 0 fully saturated rings. The minimum absolute atomic E-state index is 0.0397. The molecular weight excluding hydrogens is 468 g/mol. The van der Waals surface area contributed by atoms with Gasteiger partial charge in [-0.2, -0.15) is 0 Å². The highest BCUT2D eigenvalue weighted by atomic mass is 32.2. The lowest BCUT2D eigenvalue weighted by Gasteiger charge is -2.07. The van der Waals surface area contributed by atoms with E-state index in [0.29, 0.717) is 41.6 Å². The Kier molecular flexibility index (Phi) is 11.5. The third-order valence-electron chi connectivity index (χ3n) is 4.41. The Balaban J connectivity index is 1.73. The molecule has 0 atom stereocenters. The van der Waals surface area contributed by atoms with E-state index in [1.54, 1.807) is 37.3 Å². The molecule has 0 amide bonds. The van der Waals surface area contributed by atoms with Gasteiger partial charge >= 0.3 is 11.9 Å². The second-order valence-electron chi connectivity index (χ2n) is 7.42. The number of hydrogen-bond donors (Lipinski definition) is 1. The molecular formula is C27H28O7S. The second-order valence-corrected chi connectivity index (χ2v) is 8.50. The molecule has 2 aromatic carbocycles. The highest BCUT2D eigenvalue weighted by Crippen LogP contribution is 2.23. The van der Waals surface area contributed by atoms with Gasteiger partial charge in [0.25, 0.3) is 0 Å². The minimum Gasteiger partial charge on any atom is -0.494 e. The van der Waals surface area contributed by atoms with Crippen LogP contribution in [0.15, 0.2) is 83.8 Å². The molecule has 0 heterocycles. The van der Waals surface area contributed by atoms with Crippen molar-refractivity contribution in [3.05, 3.63) is 84.5 Å². The van der Waals surface area contributed by atoms with Gasteiger partial charge in [0.2, 0.25) is 5.12 Å². The molecule has 1 N–H and O–H groups in total. The Morgan fingerprint density at radius 2 is 1.54 bits per heavy atom. The van der Waals surface area contributed by atoms with Crippen molar-refractivity contribution in [1.82, 2.24) is 0 Å². The lowest BCUT2D eigenvalue weighted by atomic mass is 10.2. The van der Waals surface area contributed by atoms with Gasteiger partial charge < -0.3 is 19.3 Å². The van der Waals surface area contributed by atoms with Crippen molar-refractivity contribution in [3.63, 3.8) is 0 Å². The zero-order valence-corrected chi connectivity index (χ0v) is 20.3. The largest absolute Gasteiger partial charge is 0.494 e. The summed E-state index contributed by atoms with van der Waals surface area (Å²) in [6, 6.07) is 13.8. The summed E-state index contributed by atoms with van der Waals surface area (Å²) in [5, 5.41) is 8.74. The standard InChI is InChI=1S/C27H28O7S/c1-19(2)26(30)33-17-5-4-16-32-22-9-6-21(7-10-22)8-15-25(29)35-24-13-11-23(12-14-24)34-27(31)20(3)18-28/h6-15,28H,1,3-5,16-18H2,2H3/b15-8+. The predicted octanol–water partition coefficient (Wildman–Crippen LogP) is 4.75. The molecule has 2 rings (SSSR count). The summed E-state index contributed by atoms with van der Waals surface area (Å²) in [5.74, 6) is -0.0746. The Labute approximate surface area is 209 Å². The van der Waals surface area contributed by atoms with Crippen molar-refractivity contribution >= 4 is 34.9 Å². The third kappa shape index (κ3) is 10.5. The van der Waals surface area contributed by atoms with Crippen LogP contribution in [0.4, 0.5) is 0 Å². The van der Waals surface area contributed by atoms with Gasteiger partial charge in [-0.1, -0.05) is 31.4 Å². The van der Waals surface area contributed by atoms with E-state index in [-0.39, 0.29) is 16.7 Å². The van der Waals surface area contributed by atoms with Crippen molar-refractivity contribution in [1.29, 1.82) is 0 Å². The first-order chi connectivity index (χ1) is 16.8. The molecule has 0 spiro atoms. The van der Waals surface area contributed by atoms with E-state index in [1.165, 1.54) is 6.08 Å². The zero-order valence-electron chi connectivity index (χ0n) is 19.5. The summed E-state index contributed by atoms with van der Waals surface area (Å²) >= 11 is 1.04. The molecule has 0 bridgehead atoms. The number of unbranched alkanes of at least 4 members (excludes halogenated alkanes) is 1. The normalized spacial score (nSPS) is 10.6. The number of thioether (sulfide) groups is 1. The van der Waals surface area contributed by atoms with E-state index in [0.717, 1.165) is 23.7 Å². The fourth-order valence-corrected chi connectivity index (χ4v) is 3.13. The molecule has 0 saturated carbocycles. The molecule has 0 unspecified atom stereocenters. The van der Waals surface area contributed by atoms with Gasteiger partial charge in [-0.3, -0.25) is 4.79 Å². The average Bonchev–Trinajstić information content (AvgIpc) is 2.85. The van der Waals surface area contributed by atoms with Crippen LogP contribution in [0.25, 0.3) is 6.08 Å². The first kappa shape index (κ1) is 27.6. The maximum absolute atomic E-state index is 12.2. The fraction of sp³-hybridized carbons (Fsp3) is 0.222. The molecule has 0 aliphatic carbocycles. The number of carbonyl (C=O) groups is 3. The second kappa shape index (κ2) is 14.6. The molecule has 35 heavy (non-hydrogen) atoms. The molecule has 7 nitrogen and oxygen atoms in total. The fourth-order valence-electron chi connectivity index (χ4n) is 2.49. The SMILES string of the molecule is C=C(C)C(=O)OCCCCOc1ccc(/C=C/C(=O)Sc2ccc(OC(=O)C(=C)CO)cc2)cc1. The topological polar surface area (TPSA) is 99.1 Å². The molecule has 184 valence electrons. The highest BCUT2D eigenvalue weighted by molar-refractivity contribution is 8.14. The average molecular weight is 497 g/mol. The van der Waals surface area contributed by atoms with Crippen molar-refractivity contribution in [2.24, 2.45) is 0 Å². The van der Waals surface area contributed by atoms with Gasteiger partial charge in [-0.25, -0.2) is 9.59 Å². The van der Waals surface area contributed by atoms with E-state index in [1.807, 2.05) is 24.3 Å². The van der Waals surface area contributed by atoms with Gasteiger partial charge in [0.1, 0.15) is 11.5 Å². The molecule has 0 aromatic heterocycles. The van der Waals surface area contributed by atoms with Gasteiger partial charge in [0.15, 0.2) is 0 Å². The molecule has 0 saturated heterocycles. The highest BCUT2D eigenvalue weighted by Gasteiger charge is 2.09.